The first-order valence-electron chi connectivity index (χ1n) is 4.40. The van der Waals surface area contributed by atoms with Gasteiger partial charge in [0.05, 0.1) is 6.04 Å². The molecule has 3 nitrogen and oxygen atoms in total. The van der Waals surface area contributed by atoms with Gasteiger partial charge >= 0.3 is 0 Å². The lowest BCUT2D eigenvalue weighted by molar-refractivity contribution is 0.111. The Labute approximate surface area is 71.4 Å². The van der Waals surface area contributed by atoms with Gasteiger partial charge in [0, 0.05) is 6.20 Å². The van der Waals surface area contributed by atoms with Gasteiger partial charge in [-0.2, -0.15) is 5.10 Å². The number of aromatic nitrogens is 2. The number of carbonyl (C=O) groups excluding carboxylic acids is 1. The van der Waals surface area contributed by atoms with Crippen molar-refractivity contribution in [3.63, 3.8) is 0 Å². The van der Waals surface area contributed by atoms with E-state index in [1.807, 2.05) is 4.68 Å². The van der Waals surface area contributed by atoms with E-state index in [0.717, 1.165) is 6.29 Å². The van der Waals surface area contributed by atoms with Gasteiger partial charge in [0.25, 0.3) is 0 Å². The molecule has 0 atom stereocenters. The van der Waals surface area contributed by atoms with E-state index in [-0.39, 0.29) is 0 Å². The smallest absolute Gasteiger partial charge is 0.168 e. The van der Waals surface area contributed by atoms with Crippen LogP contribution in [-0.4, -0.2) is 16.1 Å². The van der Waals surface area contributed by atoms with Gasteiger partial charge in [0.2, 0.25) is 0 Å². The Morgan fingerprint density at radius 2 is 2.25 bits per heavy atom. The highest BCUT2D eigenvalue weighted by molar-refractivity contribution is 5.71. The summed E-state index contributed by atoms with van der Waals surface area (Å²) in [6.07, 6.45) is 7.45. The molecule has 12 heavy (non-hydrogen) atoms. The van der Waals surface area contributed by atoms with Crippen molar-refractivity contribution in [2.45, 2.75) is 31.7 Å². The molecule has 1 aliphatic rings. The lowest BCUT2D eigenvalue weighted by Gasteiger charge is -2.10. The molecule has 1 saturated carbocycles. The zero-order chi connectivity index (χ0) is 8.39. The number of hydrogen-bond donors (Lipinski definition) is 0. The number of aldehydes is 1. The summed E-state index contributed by atoms with van der Waals surface area (Å²) in [6, 6.07) is 2.24. The zero-order valence-corrected chi connectivity index (χ0v) is 6.94. The van der Waals surface area contributed by atoms with Crippen LogP contribution in [-0.2, 0) is 0 Å². The monoisotopic (exact) mass is 164 g/mol. The van der Waals surface area contributed by atoms with Gasteiger partial charge in [-0.15, -0.1) is 0 Å². The van der Waals surface area contributed by atoms with E-state index in [2.05, 4.69) is 5.10 Å². The van der Waals surface area contributed by atoms with Crippen LogP contribution >= 0.6 is 0 Å². The Balaban J connectivity index is 2.25. The molecular weight excluding hydrogens is 152 g/mol. The lowest BCUT2D eigenvalue weighted by Crippen LogP contribution is -2.09. The second kappa shape index (κ2) is 3.09. The molecule has 1 aliphatic carbocycles. The standard InChI is InChI=1S/C9H12N2O/c12-7-9-5-6-10-11(9)8-3-1-2-4-8/h5-8H,1-4H2. The van der Waals surface area contributed by atoms with Crippen LogP contribution in [0.4, 0.5) is 0 Å². The Hall–Kier alpha value is -1.12. The molecule has 0 aromatic carbocycles. The fourth-order valence-electron chi connectivity index (χ4n) is 1.87. The molecule has 1 heterocycles. The van der Waals surface area contributed by atoms with Gasteiger partial charge in [0.15, 0.2) is 6.29 Å². The number of rotatable bonds is 2. The fraction of sp³-hybridized carbons (Fsp3) is 0.556. The average Bonchev–Trinajstić information content (AvgIpc) is 2.74. The predicted octanol–water partition coefficient (Wildman–Crippen LogP) is 1.81. The first-order chi connectivity index (χ1) is 5.92. The first kappa shape index (κ1) is 7.53. The summed E-state index contributed by atoms with van der Waals surface area (Å²) in [4.78, 5) is 10.6. The van der Waals surface area contributed by atoms with E-state index < -0.39 is 0 Å². The second-order valence-corrected chi connectivity index (χ2v) is 3.26. The number of carbonyl (C=O) groups is 1. The molecule has 0 aliphatic heterocycles. The molecular formula is C9H12N2O. The molecule has 0 N–H and O–H groups in total. The van der Waals surface area contributed by atoms with Gasteiger partial charge < -0.3 is 0 Å². The van der Waals surface area contributed by atoms with Crippen LogP contribution < -0.4 is 0 Å². The summed E-state index contributed by atoms with van der Waals surface area (Å²) in [6.45, 7) is 0. The highest BCUT2D eigenvalue weighted by atomic mass is 16.1. The maximum Gasteiger partial charge on any atom is 0.168 e. The molecule has 0 spiro atoms. The largest absolute Gasteiger partial charge is 0.296 e. The minimum absolute atomic E-state index is 0.472. The highest BCUT2D eigenvalue weighted by Gasteiger charge is 2.18. The molecule has 0 amide bonds. The fourth-order valence-corrected chi connectivity index (χ4v) is 1.87. The molecule has 0 saturated heterocycles. The average molecular weight is 164 g/mol. The minimum Gasteiger partial charge on any atom is -0.296 e. The van der Waals surface area contributed by atoms with Crippen molar-refractivity contribution in [3.05, 3.63) is 18.0 Å². The Morgan fingerprint density at radius 1 is 1.50 bits per heavy atom. The van der Waals surface area contributed by atoms with E-state index in [4.69, 9.17) is 0 Å². The Morgan fingerprint density at radius 3 is 2.92 bits per heavy atom. The molecule has 1 aromatic heterocycles. The summed E-state index contributed by atoms with van der Waals surface area (Å²) >= 11 is 0. The summed E-state index contributed by atoms with van der Waals surface area (Å²) in [5.74, 6) is 0. The van der Waals surface area contributed by atoms with Crippen molar-refractivity contribution in [2.75, 3.05) is 0 Å². The van der Waals surface area contributed by atoms with E-state index in [1.54, 1.807) is 12.3 Å². The lowest BCUT2D eigenvalue weighted by atomic mass is 10.2. The van der Waals surface area contributed by atoms with Crippen LogP contribution in [0.5, 0.6) is 0 Å². The Kier molecular flexibility index (Phi) is 1.94. The van der Waals surface area contributed by atoms with Crippen molar-refractivity contribution >= 4 is 6.29 Å². The Bertz CT molecular complexity index is 274. The van der Waals surface area contributed by atoms with Gasteiger partial charge in [-0.05, 0) is 18.9 Å². The van der Waals surface area contributed by atoms with E-state index in [1.165, 1.54) is 25.7 Å². The third-order valence-electron chi connectivity index (χ3n) is 2.49. The first-order valence-corrected chi connectivity index (χ1v) is 4.40. The third-order valence-corrected chi connectivity index (χ3v) is 2.49. The van der Waals surface area contributed by atoms with E-state index >= 15 is 0 Å². The van der Waals surface area contributed by atoms with Crippen molar-refractivity contribution in [2.24, 2.45) is 0 Å². The number of nitrogens with zero attached hydrogens (tertiary/aromatic N) is 2. The third kappa shape index (κ3) is 1.15. The summed E-state index contributed by atoms with van der Waals surface area (Å²) in [5.41, 5.74) is 0.710. The van der Waals surface area contributed by atoms with Crippen LogP contribution in [0.15, 0.2) is 12.3 Å². The molecule has 1 fully saturated rings. The van der Waals surface area contributed by atoms with Crippen LogP contribution in [0.1, 0.15) is 42.2 Å². The van der Waals surface area contributed by atoms with E-state index in [9.17, 15) is 4.79 Å². The predicted molar refractivity (Wildman–Crippen MR) is 45.1 cm³/mol. The van der Waals surface area contributed by atoms with Gasteiger partial charge in [-0.25, -0.2) is 0 Å². The van der Waals surface area contributed by atoms with Crippen molar-refractivity contribution in [1.82, 2.24) is 9.78 Å². The van der Waals surface area contributed by atoms with Crippen LogP contribution in [0.25, 0.3) is 0 Å². The highest BCUT2D eigenvalue weighted by Crippen LogP contribution is 2.29. The van der Waals surface area contributed by atoms with Crippen LogP contribution in [0.3, 0.4) is 0 Å². The van der Waals surface area contributed by atoms with Crippen LogP contribution in [0, 0.1) is 0 Å². The normalized spacial score (nSPS) is 18.3. The molecule has 3 heteroatoms. The summed E-state index contributed by atoms with van der Waals surface area (Å²) in [7, 11) is 0. The second-order valence-electron chi connectivity index (χ2n) is 3.26. The molecule has 0 unspecified atom stereocenters. The number of hydrogen-bond acceptors (Lipinski definition) is 2. The van der Waals surface area contributed by atoms with Crippen molar-refractivity contribution < 1.29 is 4.79 Å². The molecule has 0 bridgehead atoms. The SMILES string of the molecule is O=Cc1ccnn1C1CCCC1. The van der Waals surface area contributed by atoms with Gasteiger partial charge in [-0.3, -0.25) is 9.48 Å². The van der Waals surface area contributed by atoms with Crippen LogP contribution in [0.2, 0.25) is 0 Å². The topological polar surface area (TPSA) is 34.9 Å². The molecule has 1 aromatic rings. The van der Waals surface area contributed by atoms with Gasteiger partial charge in [0.1, 0.15) is 5.69 Å². The summed E-state index contributed by atoms with van der Waals surface area (Å²) in [5, 5.41) is 4.15. The molecule has 64 valence electrons. The quantitative estimate of drug-likeness (QED) is 0.625. The maximum atomic E-state index is 10.6. The minimum atomic E-state index is 0.472. The molecule has 0 radical (unpaired) electrons. The molecule has 2 rings (SSSR count). The van der Waals surface area contributed by atoms with E-state index in [0.29, 0.717) is 11.7 Å². The maximum absolute atomic E-state index is 10.6. The van der Waals surface area contributed by atoms with Crippen molar-refractivity contribution in [3.8, 4) is 0 Å². The summed E-state index contributed by atoms with van der Waals surface area (Å²) < 4.78 is 1.86. The zero-order valence-electron chi connectivity index (χ0n) is 6.94. The van der Waals surface area contributed by atoms with Gasteiger partial charge in [-0.1, -0.05) is 12.8 Å². The van der Waals surface area contributed by atoms with Crippen molar-refractivity contribution in [1.29, 1.82) is 0 Å².